The molecule has 28 heavy (non-hydrogen) atoms. The number of nitrogens with one attached hydrogen (secondary N) is 1. The number of hydrogen-bond acceptors (Lipinski definition) is 5. The summed E-state index contributed by atoms with van der Waals surface area (Å²) in [6, 6.07) is 17.5. The Bertz CT molecular complexity index is 1360. The fourth-order valence-electron chi connectivity index (χ4n) is 3.32. The van der Waals surface area contributed by atoms with Gasteiger partial charge in [-0.05, 0) is 42.8 Å². The van der Waals surface area contributed by atoms with Crippen LogP contribution in [0.5, 0.6) is 0 Å². The van der Waals surface area contributed by atoms with Crippen molar-refractivity contribution < 1.29 is 0 Å². The summed E-state index contributed by atoms with van der Waals surface area (Å²) in [4.78, 5) is 19.7. The molecule has 138 valence electrons. The van der Waals surface area contributed by atoms with Crippen molar-refractivity contribution in [1.29, 1.82) is 5.26 Å². The van der Waals surface area contributed by atoms with Crippen molar-refractivity contribution in [2.45, 2.75) is 6.92 Å². The van der Waals surface area contributed by atoms with Crippen LogP contribution in [0.4, 0.5) is 11.4 Å². The molecular weight excluding hydrogens is 350 g/mol. The largest absolute Gasteiger partial charge is 0.378 e. The van der Waals surface area contributed by atoms with Gasteiger partial charge >= 0.3 is 0 Å². The summed E-state index contributed by atoms with van der Waals surface area (Å²) in [7, 11) is 3.94. The SMILES string of the molecule is Cc1c(C#N)c2nc3ccccc3n2c(=O)/c1=C/Nc1cccc(N(C)C)c1. The van der Waals surface area contributed by atoms with Gasteiger partial charge in [0.15, 0.2) is 5.65 Å². The number of anilines is 2. The molecule has 4 aromatic rings. The lowest BCUT2D eigenvalue weighted by Gasteiger charge is -2.13. The number of nitriles is 1. The van der Waals surface area contributed by atoms with Crippen LogP contribution in [-0.4, -0.2) is 23.5 Å². The molecule has 0 amide bonds. The number of nitrogens with zero attached hydrogens (tertiary/aromatic N) is 4. The second kappa shape index (κ2) is 6.71. The third-order valence-corrected chi connectivity index (χ3v) is 4.85. The van der Waals surface area contributed by atoms with E-state index >= 15 is 0 Å². The maximum atomic E-state index is 13.2. The Morgan fingerprint density at radius 1 is 1.18 bits per heavy atom. The van der Waals surface area contributed by atoms with Crippen LogP contribution in [-0.2, 0) is 0 Å². The first-order valence-electron chi connectivity index (χ1n) is 8.89. The number of fused-ring (bicyclic) bond motifs is 3. The highest BCUT2D eigenvalue weighted by molar-refractivity contribution is 5.82. The number of imidazole rings is 1. The van der Waals surface area contributed by atoms with E-state index in [2.05, 4.69) is 16.4 Å². The molecule has 0 spiro atoms. The number of hydrogen-bond donors (Lipinski definition) is 1. The average molecular weight is 369 g/mol. The molecule has 0 aliphatic heterocycles. The highest BCUT2D eigenvalue weighted by Gasteiger charge is 2.15. The van der Waals surface area contributed by atoms with Gasteiger partial charge in [0, 0.05) is 31.7 Å². The van der Waals surface area contributed by atoms with Crippen molar-refractivity contribution in [3.05, 3.63) is 75.2 Å². The van der Waals surface area contributed by atoms with E-state index in [0.29, 0.717) is 33.0 Å². The summed E-state index contributed by atoms with van der Waals surface area (Å²) < 4.78 is 1.52. The van der Waals surface area contributed by atoms with Crippen molar-refractivity contribution in [3.63, 3.8) is 0 Å². The monoisotopic (exact) mass is 369 g/mol. The van der Waals surface area contributed by atoms with Gasteiger partial charge in [-0.2, -0.15) is 5.26 Å². The smallest absolute Gasteiger partial charge is 0.265 e. The van der Waals surface area contributed by atoms with E-state index in [4.69, 9.17) is 0 Å². The normalized spacial score (nSPS) is 11.7. The molecular formula is C22H19N5O. The van der Waals surface area contributed by atoms with Crippen molar-refractivity contribution in [1.82, 2.24) is 9.38 Å². The summed E-state index contributed by atoms with van der Waals surface area (Å²) >= 11 is 0. The fraction of sp³-hybridized carbons (Fsp3) is 0.136. The van der Waals surface area contributed by atoms with E-state index in [1.807, 2.05) is 67.5 Å². The number of pyridine rings is 1. The summed E-state index contributed by atoms with van der Waals surface area (Å²) in [5, 5.41) is 13.3. The molecule has 0 saturated carbocycles. The van der Waals surface area contributed by atoms with Crippen molar-refractivity contribution >= 4 is 34.3 Å². The standard InChI is InChI=1S/C22H19N5O/c1-14-17(12-23)21-25-19-9-4-5-10-20(19)27(21)22(28)18(14)13-24-15-7-6-8-16(11-15)26(2)3/h4-11,13,24H,1-3H3/b18-13+. The lowest BCUT2D eigenvalue weighted by Crippen LogP contribution is -2.34. The van der Waals surface area contributed by atoms with Crippen molar-refractivity contribution in [2.24, 2.45) is 0 Å². The van der Waals surface area contributed by atoms with E-state index in [1.165, 1.54) is 4.40 Å². The van der Waals surface area contributed by atoms with Gasteiger partial charge in [0.1, 0.15) is 6.07 Å². The molecule has 0 bridgehead atoms. The first kappa shape index (κ1) is 17.6. The second-order valence-corrected chi connectivity index (χ2v) is 6.82. The number of para-hydroxylation sites is 2. The summed E-state index contributed by atoms with van der Waals surface area (Å²) in [5.74, 6) is 0. The molecule has 4 rings (SSSR count). The van der Waals surface area contributed by atoms with Gasteiger partial charge in [0.2, 0.25) is 0 Å². The van der Waals surface area contributed by atoms with Gasteiger partial charge in [-0.25, -0.2) is 4.98 Å². The Morgan fingerprint density at radius 2 is 1.96 bits per heavy atom. The number of rotatable bonds is 3. The molecule has 0 atom stereocenters. The Morgan fingerprint density at radius 3 is 2.71 bits per heavy atom. The summed E-state index contributed by atoms with van der Waals surface area (Å²) in [5.41, 5.74) is 4.53. The molecule has 6 heteroatoms. The number of aromatic nitrogens is 2. The zero-order chi connectivity index (χ0) is 19.8. The quantitative estimate of drug-likeness (QED) is 0.601. The van der Waals surface area contributed by atoms with E-state index < -0.39 is 0 Å². The zero-order valence-electron chi connectivity index (χ0n) is 15.9. The topological polar surface area (TPSA) is 73.4 Å². The van der Waals surface area contributed by atoms with Gasteiger partial charge in [0.05, 0.1) is 21.8 Å². The predicted molar refractivity (Wildman–Crippen MR) is 112 cm³/mol. The van der Waals surface area contributed by atoms with Crippen LogP contribution >= 0.6 is 0 Å². The van der Waals surface area contributed by atoms with E-state index in [-0.39, 0.29) is 5.56 Å². The maximum absolute atomic E-state index is 13.2. The molecule has 1 N–H and O–H groups in total. The second-order valence-electron chi connectivity index (χ2n) is 6.82. The van der Waals surface area contributed by atoms with Gasteiger partial charge < -0.3 is 10.2 Å². The van der Waals surface area contributed by atoms with Crippen LogP contribution in [0, 0.1) is 18.3 Å². The maximum Gasteiger partial charge on any atom is 0.265 e. The van der Waals surface area contributed by atoms with Crippen LogP contribution in [0.2, 0.25) is 0 Å². The Kier molecular flexibility index (Phi) is 4.21. The third kappa shape index (κ3) is 2.74. The Balaban J connectivity index is 1.95. The zero-order valence-corrected chi connectivity index (χ0v) is 15.9. The molecule has 0 fully saturated rings. The first-order chi connectivity index (χ1) is 13.5. The molecule has 0 aliphatic carbocycles. The van der Waals surface area contributed by atoms with E-state index in [9.17, 15) is 10.1 Å². The predicted octanol–water partition coefficient (Wildman–Crippen LogP) is 2.66. The molecule has 6 nitrogen and oxygen atoms in total. The van der Waals surface area contributed by atoms with Crippen LogP contribution in [0.25, 0.3) is 22.9 Å². The first-order valence-corrected chi connectivity index (χ1v) is 8.89. The van der Waals surface area contributed by atoms with Crippen LogP contribution in [0.1, 0.15) is 11.1 Å². The molecule has 0 saturated heterocycles. The highest BCUT2D eigenvalue weighted by atomic mass is 16.1. The minimum absolute atomic E-state index is 0.198. The minimum atomic E-state index is -0.198. The van der Waals surface area contributed by atoms with Gasteiger partial charge in [-0.1, -0.05) is 18.2 Å². The lowest BCUT2D eigenvalue weighted by atomic mass is 10.1. The molecule has 0 unspecified atom stereocenters. The third-order valence-electron chi connectivity index (χ3n) is 4.85. The van der Waals surface area contributed by atoms with Crippen LogP contribution < -0.4 is 21.0 Å². The van der Waals surface area contributed by atoms with Crippen molar-refractivity contribution in [3.8, 4) is 6.07 Å². The summed E-state index contributed by atoms with van der Waals surface area (Å²) in [6.07, 6.45) is 1.67. The minimum Gasteiger partial charge on any atom is -0.378 e. The Labute approximate surface area is 162 Å². The molecule has 2 aromatic heterocycles. The molecule has 0 aliphatic rings. The average Bonchev–Trinajstić information content (AvgIpc) is 3.08. The van der Waals surface area contributed by atoms with Gasteiger partial charge in [-0.15, -0.1) is 0 Å². The van der Waals surface area contributed by atoms with E-state index in [1.54, 1.807) is 13.1 Å². The molecule has 0 radical (unpaired) electrons. The lowest BCUT2D eigenvalue weighted by molar-refractivity contribution is 1.10. The molecule has 2 aromatic carbocycles. The summed E-state index contributed by atoms with van der Waals surface area (Å²) in [6.45, 7) is 1.78. The highest BCUT2D eigenvalue weighted by Crippen LogP contribution is 2.19. The van der Waals surface area contributed by atoms with Gasteiger partial charge in [-0.3, -0.25) is 9.20 Å². The Hall–Kier alpha value is -3.85. The van der Waals surface area contributed by atoms with Crippen LogP contribution in [0.3, 0.4) is 0 Å². The fourth-order valence-corrected chi connectivity index (χ4v) is 3.32. The number of benzene rings is 2. The molecule has 2 heterocycles. The van der Waals surface area contributed by atoms with Crippen molar-refractivity contribution in [2.75, 3.05) is 24.3 Å². The van der Waals surface area contributed by atoms with E-state index in [0.717, 1.165) is 11.4 Å². The van der Waals surface area contributed by atoms with Gasteiger partial charge in [0.25, 0.3) is 5.56 Å². The van der Waals surface area contributed by atoms with Crippen LogP contribution in [0.15, 0.2) is 53.3 Å².